The highest BCUT2D eigenvalue weighted by Gasteiger charge is 2.36. The molecule has 0 unspecified atom stereocenters. The van der Waals surface area contributed by atoms with Gasteiger partial charge in [0.2, 0.25) is 11.8 Å². The van der Waals surface area contributed by atoms with Crippen molar-refractivity contribution in [1.82, 2.24) is 10.6 Å². The third kappa shape index (κ3) is 7.32. The third-order valence-electron chi connectivity index (χ3n) is 5.80. The second kappa shape index (κ2) is 12.2. The van der Waals surface area contributed by atoms with Crippen LogP contribution in [0.5, 0.6) is 17.2 Å². The van der Waals surface area contributed by atoms with E-state index in [4.69, 9.17) is 21.9 Å². The number of nitrogens with zero attached hydrogens (tertiary/aromatic N) is 1. The topological polar surface area (TPSA) is 256 Å². The number of fused-ring (bicyclic) bond motifs is 10. The molecule has 2 heterocycles. The zero-order valence-corrected chi connectivity index (χ0v) is 20.2. The number of nitrogens with one attached hydrogen (secondary N) is 2. The molecule has 0 spiro atoms. The minimum Gasteiger partial charge on any atom is -0.504 e. The van der Waals surface area contributed by atoms with Crippen LogP contribution in [0.3, 0.4) is 0 Å². The number of benzene rings is 2. The second-order valence-corrected chi connectivity index (χ2v) is 8.77. The molecule has 2 aliphatic rings. The first-order valence-corrected chi connectivity index (χ1v) is 11.5. The maximum absolute atomic E-state index is 13.1. The molecule has 2 amide bonds. The molecule has 5 atom stereocenters. The molecule has 0 saturated carbocycles. The molecule has 0 aromatic heterocycles. The average Bonchev–Trinajstić information content (AvgIpc) is 2.87. The number of aliphatic carboxylic acids is 1. The Bertz CT molecular complexity index is 1200. The Morgan fingerprint density at radius 1 is 1.03 bits per heavy atom. The van der Waals surface area contributed by atoms with Crippen molar-refractivity contribution in [2.75, 3.05) is 6.54 Å². The molecule has 38 heavy (non-hydrogen) atoms. The lowest BCUT2D eigenvalue weighted by Crippen LogP contribution is -2.61. The number of amides is 2. The molecule has 0 fully saturated rings. The highest BCUT2D eigenvalue weighted by molar-refractivity contribution is 5.92. The number of hydrogen-bond donors (Lipinski definition) is 9. The van der Waals surface area contributed by atoms with Crippen molar-refractivity contribution < 1.29 is 39.5 Å². The first-order chi connectivity index (χ1) is 17.9. The van der Waals surface area contributed by atoms with E-state index in [0.29, 0.717) is 16.9 Å². The molecule has 2 aromatic rings. The van der Waals surface area contributed by atoms with Gasteiger partial charge in [-0.25, -0.2) is 4.79 Å². The fourth-order valence-electron chi connectivity index (χ4n) is 3.73. The summed E-state index contributed by atoms with van der Waals surface area (Å²) in [6, 6.07) is 6.17. The first-order valence-electron chi connectivity index (χ1n) is 11.5. The summed E-state index contributed by atoms with van der Waals surface area (Å²) < 4.78 is 5.73. The Kier molecular flexibility index (Phi) is 9.07. The number of guanidine groups is 1. The molecule has 0 radical (unpaired) electrons. The van der Waals surface area contributed by atoms with Gasteiger partial charge < -0.3 is 53.0 Å². The lowest BCUT2D eigenvalue weighted by atomic mass is 10.0. The van der Waals surface area contributed by atoms with E-state index >= 15 is 0 Å². The molecule has 0 saturated heterocycles. The summed E-state index contributed by atoms with van der Waals surface area (Å²) in [6.45, 7) is -0.500. The molecule has 4 rings (SSSR count). The third-order valence-corrected chi connectivity index (χ3v) is 5.80. The van der Waals surface area contributed by atoms with E-state index < -0.39 is 54.7 Å². The molecule has 2 aliphatic heterocycles. The standard InChI is InChI=1S/C24H30N6O8/c25-14-7-12-3-6-16(31)18(9-12)38-13-4-1-11(2-5-13)8-15(23(36)37)29-22(35)19(30-21(14)34)20(33)17(32)10-28-24(26)27/h1-6,9,14-15,17,19-20,31-33H,7-8,10,25H2,(H,29,35)(H,30,34)(H,36,37)(H4,26,27,28)/t14-,15-,17+,19-,20+/m0/s1. The smallest absolute Gasteiger partial charge is 0.326 e. The van der Waals surface area contributed by atoms with Crippen LogP contribution in [0, 0.1) is 0 Å². The van der Waals surface area contributed by atoms with Crippen molar-refractivity contribution in [3.05, 3.63) is 53.6 Å². The van der Waals surface area contributed by atoms with Gasteiger partial charge in [0.05, 0.1) is 12.6 Å². The number of aliphatic imine (C=N–C) groups is 1. The number of aliphatic hydroxyl groups excluding tert-OH is 2. The van der Waals surface area contributed by atoms with Crippen LogP contribution in [0.2, 0.25) is 0 Å². The average molecular weight is 531 g/mol. The number of hydrogen-bond acceptors (Lipinski definition) is 9. The lowest BCUT2D eigenvalue weighted by molar-refractivity contribution is -0.143. The number of carboxylic acids is 1. The maximum Gasteiger partial charge on any atom is 0.326 e. The number of phenols is 1. The molecule has 204 valence electrons. The molecule has 2 aromatic carbocycles. The Labute approximate surface area is 217 Å². The van der Waals surface area contributed by atoms with Gasteiger partial charge in [0.15, 0.2) is 17.5 Å². The Hall–Kier alpha value is -4.40. The molecule has 14 nitrogen and oxygen atoms in total. The van der Waals surface area contributed by atoms with Crippen LogP contribution in [0.25, 0.3) is 0 Å². The van der Waals surface area contributed by atoms with Crippen LogP contribution in [-0.2, 0) is 27.2 Å². The van der Waals surface area contributed by atoms with Crippen LogP contribution in [0.1, 0.15) is 11.1 Å². The number of aliphatic hydroxyl groups is 2. The van der Waals surface area contributed by atoms with Crippen LogP contribution in [0.4, 0.5) is 0 Å². The monoisotopic (exact) mass is 530 g/mol. The number of carbonyl (C=O) groups excluding carboxylic acids is 2. The Morgan fingerprint density at radius 2 is 1.68 bits per heavy atom. The summed E-state index contributed by atoms with van der Waals surface area (Å²) in [7, 11) is 0. The highest BCUT2D eigenvalue weighted by atomic mass is 16.5. The summed E-state index contributed by atoms with van der Waals surface area (Å²) in [5.74, 6) is -3.43. The van der Waals surface area contributed by atoms with Gasteiger partial charge in [-0.3, -0.25) is 14.6 Å². The van der Waals surface area contributed by atoms with Gasteiger partial charge in [-0.15, -0.1) is 0 Å². The summed E-state index contributed by atoms with van der Waals surface area (Å²) in [5.41, 5.74) is 17.6. The number of phenolic OH excluding ortho intramolecular Hbond substituents is 1. The minimum absolute atomic E-state index is 0.0554. The van der Waals surface area contributed by atoms with Gasteiger partial charge >= 0.3 is 5.97 Å². The number of carboxylic acid groups (broad SMARTS) is 1. The Morgan fingerprint density at radius 3 is 2.32 bits per heavy atom. The van der Waals surface area contributed by atoms with E-state index in [1.165, 1.54) is 18.2 Å². The molecule has 0 aliphatic carbocycles. The van der Waals surface area contributed by atoms with Crippen molar-refractivity contribution in [2.24, 2.45) is 22.2 Å². The number of rotatable bonds is 5. The van der Waals surface area contributed by atoms with E-state index in [-0.39, 0.29) is 30.3 Å². The van der Waals surface area contributed by atoms with E-state index in [1.807, 2.05) is 0 Å². The van der Waals surface area contributed by atoms with Crippen LogP contribution >= 0.6 is 0 Å². The van der Waals surface area contributed by atoms with E-state index in [0.717, 1.165) is 0 Å². The van der Waals surface area contributed by atoms with Gasteiger partial charge in [-0.05, 0) is 41.8 Å². The molecule has 4 bridgehead atoms. The molecule has 12 N–H and O–H groups in total. The van der Waals surface area contributed by atoms with Crippen LogP contribution in [-0.4, -0.2) is 81.0 Å². The number of nitrogens with two attached hydrogens (primary N) is 3. The van der Waals surface area contributed by atoms with E-state index in [9.17, 15) is 34.8 Å². The zero-order valence-electron chi connectivity index (χ0n) is 20.2. The maximum atomic E-state index is 13.1. The number of aromatic hydroxyl groups is 1. The minimum atomic E-state index is -1.93. The molecule has 14 heteroatoms. The highest BCUT2D eigenvalue weighted by Crippen LogP contribution is 2.32. The number of carbonyl (C=O) groups is 3. The summed E-state index contributed by atoms with van der Waals surface area (Å²) in [4.78, 5) is 41.5. The van der Waals surface area contributed by atoms with Crippen molar-refractivity contribution in [3.63, 3.8) is 0 Å². The largest absolute Gasteiger partial charge is 0.504 e. The Balaban J connectivity index is 1.99. The predicted molar refractivity (Wildman–Crippen MR) is 134 cm³/mol. The lowest BCUT2D eigenvalue weighted by Gasteiger charge is -2.28. The van der Waals surface area contributed by atoms with Gasteiger partial charge in [0, 0.05) is 6.42 Å². The normalized spacial score (nSPS) is 21.7. The van der Waals surface area contributed by atoms with Crippen LogP contribution < -0.4 is 32.6 Å². The number of ether oxygens (including phenoxy) is 1. The van der Waals surface area contributed by atoms with Gasteiger partial charge in [0.25, 0.3) is 0 Å². The first kappa shape index (κ1) is 28.2. The van der Waals surface area contributed by atoms with E-state index in [1.54, 1.807) is 24.3 Å². The van der Waals surface area contributed by atoms with Crippen molar-refractivity contribution in [3.8, 4) is 17.2 Å². The van der Waals surface area contributed by atoms with Crippen LogP contribution in [0.15, 0.2) is 47.5 Å². The zero-order chi connectivity index (χ0) is 28.0. The second-order valence-electron chi connectivity index (χ2n) is 8.77. The predicted octanol–water partition coefficient (Wildman–Crippen LogP) is -2.34. The molecular formula is C24H30N6O8. The van der Waals surface area contributed by atoms with Gasteiger partial charge in [0.1, 0.15) is 30.0 Å². The summed E-state index contributed by atoms with van der Waals surface area (Å²) in [5, 5.41) is 45.5. The van der Waals surface area contributed by atoms with Gasteiger partial charge in [-0.2, -0.15) is 0 Å². The summed E-state index contributed by atoms with van der Waals surface area (Å²) in [6.07, 6.45) is -3.85. The van der Waals surface area contributed by atoms with E-state index in [2.05, 4.69) is 15.6 Å². The quantitative estimate of drug-likeness (QED) is 0.146. The van der Waals surface area contributed by atoms with Crippen molar-refractivity contribution in [2.45, 2.75) is 43.2 Å². The van der Waals surface area contributed by atoms with Crippen molar-refractivity contribution >= 4 is 23.7 Å². The SMILES string of the molecule is NC(N)=NC[C@@H](O)[C@@H](O)[C@@H]1NC(=O)[C@@H](N)Cc2ccc(O)c(c2)Oc2ccc(cc2)C[C@@H](C(=O)O)NC1=O. The van der Waals surface area contributed by atoms with Gasteiger partial charge in [-0.1, -0.05) is 18.2 Å². The molecular weight excluding hydrogens is 500 g/mol. The van der Waals surface area contributed by atoms with Crippen molar-refractivity contribution in [1.29, 1.82) is 0 Å². The fourth-order valence-corrected chi connectivity index (χ4v) is 3.73. The fraction of sp³-hybridized carbons (Fsp3) is 0.333. The summed E-state index contributed by atoms with van der Waals surface area (Å²) >= 11 is 0.